The van der Waals surface area contributed by atoms with Gasteiger partial charge in [0, 0.05) is 11.6 Å². The molecule has 2 aromatic carbocycles. The van der Waals surface area contributed by atoms with E-state index in [4.69, 9.17) is 23.2 Å². The van der Waals surface area contributed by atoms with Crippen molar-refractivity contribution in [3.8, 4) is 0 Å². The summed E-state index contributed by atoms with van der Waals surface area (Å²) in [4.78, 5) is 15.5. The molecule has 0 radical (unpaired) electrons. The predicted octanol–water partition coefficient (Wildman–Crippen LogP) is 4.74. The van der Waals surface area contributed by atoms with Gasteiger partial charge in [-0.1, -0.05) is 42.3 Å². The maximum Gasteiger partial charge on any atom is 0.253 e. The van der Waals surface area contributed by atoms with E-state index in [1.54, 1.807) is 42.5 Å². The normalized spacial score (nSPS) is 15.8. The number of benzene rings is 2. The third kappa shape index (κ3) is 5.76. The lowest BCUT2D eigenvalue weighted by molar-refractivity contribution is 0.0927. The number of nitrogens with one attached hydrogen (secondary N) is 1. The van der Waals surface area contributed by atoms with Gasteiger partial charge in [-0.3, -0.25) is 4.79 Å². The van der Waals surface area contributed by atoms with Gasteiger partial charge in [-0.25, -0.2) is 8.42 Å². The molecule has 1 atom stereocenters. The zero-order chi connectivity index (χ0) is 21.7. The van der Waals surface area contributed by atoms with Crippen molar-refractivity contribution in [2.75, 3.05) is 25.4 Å². The van der Waals surface area contributed by atoms with Crippen molar-refractivity contribution in [2.24, 2.45) is 0 Å². The number of hydrogen-bond donors (Lipinski definition) is 1. The number of likely N-dealkylation sites (tertiary alicyclic amines) is 1. The third-order valence-corrected chi connectivity index (χ3v) is 7.72. The Kier molecular flexibility index (Phi) is 7.80. The number of amides is 1. The van der Waals surface area contributed by atoms with Crippen molar-refractivity contribution in [2.45, 2.75) is 37.1 Å². The van der Waals surface area contributed by atoms with Crippen LogP contribution in [0, 0.1) is 0 Å². The summed E-state index contributed by atoms with van der Waals surface area (Å²) in [5.41, 5.74) is 1.21. The minimum atomic E-state index is -3.28. The van der Waals surface area contributed by atoms with E-state index < -0.39 is 9.84 Å². The molecule has 1 saturated heterocycles. The van der Waals surface area contributed by atoms with Crippen molar-refractivity contribution in [1.82, 2.24) is 10.2 Å². The Balaban J connectivity index is 1.84. The van der Waals surface area contributed by atoms with Crippen LogP contribution < -0.4 is 5.32 Å². The highest BCUT2D eigenvalue weighted by Gasteiger charge is 2.23. The zero-order valence-electron chi connectivity index (χ0n) is 16.9. The summed E-state index contributed by atoms with van der Waals surface area (Å²) in [5, 5.41) is 3.82. The van der Waals surface area contributed by atoms with Gasteiger partial charge in [-0.2, -0.15) is 0 Å². The number of nitrogens with zero attached hydrogens (tertiary/aromatic N) is 1. The molecule has 1 aliphatic heterocycles. The number of halogens is 2. The van der Waals surface area contributed by atoms with Crippen molar-refractivity contribution in [1.29, 1.82) is 0 Å². The lowest BCUT2D eigenvalue weighted by Crippen LogP contribution is -2.37. The summed E-state index contributed by atoms with van der Waals surface area (Å²) in [6.45, 7) is 4.46. The number of rotatable bonds is 8. The molecule has 8 heteroatoms. The smallest absolute Gasteiger partial charge is 0.253 e. The molecule has 1 aliphatic rings. The quantitative estimate of drug-likeness (QED) is 0.607. The molecule has 2 aromatic rings. The van der Waals surface area contributed by atoms with Gasteiger partial charge in [0.15, 0.2) is 9.84 Å². The van der Waals surface area contributed by atoms with E-state index in [1.165, 1.54) is 0 Å². The molecule has 1 fully saturated rings. The molecule has 1 unspecified atom stereocenters. The first-order chi connectivity index (χ1) is 14.3. The highest BCUT2D eigenvalue weighted by atomic mass is 35.5. The number of carbonyl (C=O) groups is 1. The van der Waals surface area contributed by atoms with E-state index in [1.807, 2.05) is 6.92 Å². The van der Waals surface area contributed by atoms with Gasteiger partial charge in [-0.15, -0.1) is 0 Å². The van der Waals surface area contributed by atoms with Crippen LogP contribution >= 0.6 is 23.2 Å². The summed E-state index contributed by atoms with van der Waals surface area (Å²) in [5.74, 6) is -0.168. The second kappa shape index (κ2) is 10.1. The molecule has 0 aliphatic carbocycles. The fourth-order valence-corrected chi connectivity index (χ4v) is 5.48. The van der Waals surface area contributed by atoms with Crippen LogP contribution in [0.25, 0.3) is 0 Å². The van der Waals surface area contributed by atoms with Crippen molar-refractivity contribution in [3.05, 3.63) is 63.6 Å². The van der Waals surface area contributed by atoms with Gasteiger partial charge in [0.05, 0.1) is 27.3 Å². The van der Waals surface area contributed by atoms with E-state index in [0.29, 0.717) is 33.5 Å². The average molecular weight is 469 g/mol. The van der Waals surface area contributed by atoms with E-state index in [2.05, 4.69) is 10.2 Å². The van der Waals surface area contributed by atoms with Crippen molar-refractivity contribution >= 4 is 38.9 Å². The topological polar surface area (TPSA) is 66.5 Å². The summed E-state index contributed by atoms with van der Waals surface area (Å²) in [6, 6.07) is 11.3. The lowest BCUT2D eigenvalue weighted by Gasteiger charge is -2.25. The Morgan fingerprint density at radius 2 is 1.77 bits per heavy atom. The van der Waals surface area contributed by atoms with Gasteiger partial charge >= 0.3 is 0 Å². The fraction of sp³-hybridized carbons (Fsp3) is 0.409. The molecular formula is C22H26Cl2N2O3S. The minimum Gasteiger partial charge on any atom is -0.344 e. The van der Waals surface area contributed by atoms with Crippen molar-refractivity contribution in [3.63, 3.8) is 0 Å². The largest absolute Gasteiger partial charge is 0.344 e. The highest BCUT2D eigenvalue weighted by Crippen LogP contribution is 2.24. The monoisotopic (exact) mass is 468 g/mol. The van der Waals surface area contributed by atoms with Crippen LogP contribution in [0.1, 0.15) is 48.1 Å². The first kappa shape index (κ1) is 23.1. The Hall–Kier alpha value is -1.60. The Bertz CT molecular complexity index is 988. The van der Waals surface area contributed by atoms with Gasteiger partial charge in [-0.05, 0) is 68.2 Å². The first-order valence-corrected chi connectivity index (χ1v) is 12.5. The number of hydrogen-bond acceptors (Lipinski definition) is 4. The molecule has 3 rings (SSSR count). The maximum absolute atomic E-state index is 12.9. The minimum absolute atomic E-state index is 0.120. The van der Waals surface area contributed by atoms with Crippen LogP contribution in [-0.2, 0) is 9.84 Å². The highest BCUT2D eigenvalue weighted by molar-refractivity contribution is 7.91. The Labute approximate surface area is 188 Å². The molecule has 162 valence electrons. The molecule has 0 bridgehead atoms. The van der Waals surface area contributed by atoms with E-state index >= 15 is 0 Å². The third-order valence-electron chi connectivity index (χ3n) is 5.23. The van der Waals surface area contributed by atoms with E-state index in [-0.39, 0.29) is 17.7 Å². The van der Waals surface area contributed by atoms with Gasteiger partial charge in [0.25, 0.3) is 5.91 Å². The second-order valence-electron chi connectivity index (χ2n) is 7.55. The molecule has 1 N–H and O–H groups in total. The van der Waals surface area contributed by atoms with Crippen LogP contribution in [0.3, 0.4) is 0 Å². The van der Waals surface area contributed by atoms with Crippen LogP contribution in [0.5, 0.6) is 0 Å². The van der Waals surface area contributed by atoms with Gasteiger partial charge in [0.2, 0.25) is 0 Å². The zero-order valence-corrected chi connectivity index (χ0v) is 19.2. The van der Waals surface area contributed by atoms with Gasteiger partial charge in [0.1, 0.15) is 0 Å². The number of carbonyl (C=O) groups excluding carboxylic acids is 1. The molecule has 5 nitrogen and oxygen atoms in total. The maximum atomic E-state index is 12.9. The standard InChI is InChI=1S/C22H26Cl2N2O3S/c1-2-13-30(28,29)18-8-5-16(6-9-18)21(15-26-11-3-4-12-26)25-22(27)19-10-7-17(23)14-20(19)24/h5-10,14,21H,2-4,11-13,15H2,1H3,(H,25,27). The van der Waals surface area contributed by atoms with Crippen LogP contribution in [-0.4, -0.2) is 44.6 Å². The second-order valence-corrected chi connectivity index (χ2v) is 10.5. The molecule has 30 heavy (non-hydrogen) atoms. The van der Waals surface area contributed by atoms with Crippen molar-refractivity contribution < 1.29 is 13.2 Å². The van der Waals surface area contributed by atoms with Gasteiger partial charge < -0.3 is 10.2 Å². The van der Waals surface area contributed by atoms with E-state index in [9.17, 15) is 13.2 Å². The fourth-order valence-electron chi connectivity index (χ4n) is 3.66. The predicted molar refractivity (Wildman–Crippen MR) is 121 cm³/mol. The van der Waals surface area contributed by atoms with E-state index in [0.717, 1.165) is 31.5 Å². The molecular weight excluding hydrogens is 443 g/mol. The summed E-state index contributed by atoms with van der Waals surface area (Å²) in [7, 11) is -3.28. The van der Waals surface area contributed by atoms with Crippen LogP contribution in [0.2, 0.25) is 10.0 Å². The molecule has 1 amide bonds. The summed E-state index contributed by atoms with van der Waals surface area (Å²) >= 11 is 12.1. The SMILES string of the molecule is CCCS(=O)(=O)c1ccc(C(CN2CCCC2)NC(=O)c2ccc(Cl)cc2Cl)cc1. The summed E-state index contributed by atoms with van der Waals surface area (Å²) < 4.78 is 24.6. The summed E-state index contributed by atoms with van der Waals surface area (Å²) in [6.07, 6.45) is 2.84. The first-order valence-electron chi connectivity index (χ1n) is 10.1. The number of sulfone groups is 1. The molecule has 0 aromatic heterocycles. The lowest BCUT2D eigenvalue weighted by atomic mass is 10.1. The molecule has 0 saturated carbocycles. The van der Waals surface area contributed by atoms with Crippen LogP contribution in [0.15, 0.2) is 47.4 Å². The molecule has 1 heterocycles. The average Bonchev–Trinajstić information content (AvgIpc) is 3.20. The molecule has 0 spiro atoms. The Morgan fingerprint density at radius 1 is 1.10 bits per heavy atom. The van der Waals surface area contributed by atoms with Crippen LogP contribution in [0.4, 0.5) is 0 Å². The Morgan fingerprint density at radius 3 is 2.37 bits per heavy atom.